The Morgan fingerprint density at radius 3 is 2.62 bits per heavy atom. The van der Waals surface area contributed by atoms with Crippen molar-refractivity contribution in [1.82, 2.24) is 5.32 Å². The number of ether oxygens (including phenoxy) is 1. The molecule has 2 N–H and O–H groups in total. The van der Waals surface area contributed by atoms with Gasteiger partial charge >= 0.3 is 6.09 Å². The van der Waals surface area contributed by atoms with Gasteiger partial charge in [-0.2, -0.15) is 0 Å². The van der Waals surface area contributed by atoms with Crippen molar-refractivity contribution in [3.63, 3.8) is 0 Å². The highest BCUT2D eigenvalue weighted by Gasteiger charge is 2.32. The first-order valence-electron chi connectivity index (χ1n) is 8.20. The number of carbonyl (C=O) groups is 2. The maximum Gasteiger partial charge on any atom is 0.407 e. The van der Waals surface area contributed by atoms with Crippen molar-refractivity contribution in [1.29, 1.82) is 0 Å². The van der Waals surface area contributed by atoms with Crippen LogP contribution in [0.3, 0.4) is 0 Å². The number of halogens is 1. The minimum absolute atomic E-state index is 0.0794. The molecule has 2 unspecified atom stereocenters. The van der Waals surface area contributed by atoms with E-state index in [2.05, 4.69) is 10.6 Å². The summed E-state index contributed by atoms with van der Waals surface area (Å²) in [6.07, 6.45) is 1.49. The predicted molar refractivity (Wildman–Crippen MR) is 90.3 cm³/mol. The Hall–Kier alpha value is -2.11. The zero-order chi connectivity index (χ0) is 17.9. The first-order valence-corrected chi connectivity index (χ1v) is 8.20. The van der Waals surface area contributed by atoms with Crippen LogP contribution in [0.1, 0.15) is 45.6 Å². The number of nitrogens with one attached hydrogen (secondary N) is 2. The van der Waals surface area contributed by atoms with Crippen LogP contribution < -0.4 is 10.6 Å². The molecule has 1 aliphatic rings. The Morgan fingerprint density at radius 1 is 1.25 bits per heavy atom. The third kappa shape index (κ3) is 5.22. The van der Waals surface area contributed by atoms with Gasteiger partial charge in [0.25, 0.3) is 0 Å². The zero-order valence-corrected chi connectivity index (χ0v) is 14.6. The average Bonchev–Trinajstić information content (AvgIpc) is 2.89. The summed E-state index contributed by atoms with van der Waals surface area (Å²) in [6, 6.07) is 4.23. The summed E-state index contributed by atoms with van der Waals surface area (Å²) in [5, 5.41) is 5.59. The Labute approximate surface area is 142 Å². The molecule has 1 aromatic rings. The Balaban J connectivity index is 1.87. The van der Waals surface area contributed by atoms with Crippen LogP contribution in [-0.4, -0.2) is 23.6 Å². The van der Waals surface area contributed by atoms with E-state index < -0.39 is 11.7 Å². The summed E-state index contributed by atoms with van der Waals surface area (Å²) < 4.78 is 18.5. The lowest BCUT2D eigenvalue weighted by Crippen LogP contribution is -2.38. The number of carbonyl (C=O) groups excluding carboxylic acids is 2. The Bertz CT molecular complexity index is 625. The number of amides is 2. The highest BCUT2D eigenvalue weighted by Crippen LogP contribution is 2.28. The molecule has 0 saturated heterocycles. The van der Waals surface area contributed by atoms with Gasteiger partial charge < -0.3 is 15.4 Å². The summed E-state index contributed by atoms with van der Waals surface area (Å²) in [7, 11) is 0. The maximum atomic E-state index is 13.3. The van der Waals surface area contributed by atoms with Crippen molar-refractivity contribution in [3.8, 4) is 0 Å². The van der Waals surface area contributed by atoms with Gasteiger partial charge in [-0.1, -0.05) is 6.07 Å². The molecule has 2 rings (SSSR count). The summed E-state index contributed by atoms with van der Waals surface area (Å²) in [5.74, 6) is -0.725. The summed E-state index contributed by atoms with van der Waals surface area (Å²) in [5.41, 5.74) is 0.753. The zero-order valence-electron chi connectivity index (χ0n) is 14.6. The monoisotopic (exact) mass is 336 g/mol. The Morgan fingerprint density at radius 2 is 1.96 bits per heavy atom. The van der Waals surface area contributed by atoms with E-state index in [0.29, 0.717) is 18.5 Å². The smallest absolute Gasteiger partial charge is 0.407 e. The first kappa shape index (κ1) is 18.2. The molecule has 1 aromatic carbocycles. The molecular weight excluding hydrogens is 311 g/mol. The van der Waals surface area contributed by atoms with Gasteiger partial charge in [-0.05, 0) is 64.7 Å². The molecule has 0 spiro atoms. The quantitative estimate of drug-likeness (QED) is 0.883. The van der Waals surface area contributed by atoms with Crippen molar-refractivity contribution >= 4 is 17.7 Å². The fourth-order valence-corrected chi connectivity index (χ4v) is 2.79. The highest BCUT2D eigenvalue weighted by molar-refractivity contribution is 5.93. The molecule has 1 fully saturated rings. The van der Waals surface area contributed by atoms with Crippen LogP contribution in [0.4, 0.5) is 14.9 Å². The molecule has 24 heavy (non-hydrogen) atoms. The van der Waals surface area contributed by atoms with Gasteiger partial charge in [-0.3, -0.25) is 4.79 Å². The van der Waals surface area contributed by atoms with Gasteiger partial charge in [0.05, 0.1) is 0 Å². The largest absolute Gasteiger partial charge is 0.444 e. The van der Waals surface area contributed by atoms with E-state index in [9.17, 15) is 14.0 Å². The summed E-state index contributed by atoms with van der Waals surface area (Å²) >= 11 is 0. The standard InChI is InChI=1S/C18H25FN2O3/c1-11-5-7-13(19)10-15(11)21-16(22)12-6-8-14(9-12)20-17(23)24-18(2,3)4/h5,7,10,12,14H,6,8-9H2,1-4H3,(H,20,23)(H,21,22). The van der Waals surface area contributed by atoms with Gasteiger partial charge in [0, 0.05) is 17.6 Å². The molecule has 1 aliphatic carbocycles. The van der Waals surface area contributed by atoms with E-state index in [1.165, 1.54) is 12.1 Å². The van der Waals surface area contributed by atoms with E-state index in [0.717, 1.165) is 12.0 Å². The van der Waals surface area contributed by atoms with Gasteiger partial charge in [0.1, 0.15) is 11.4 Å². The van der Waals surface area contributed by atoms with Crippen molar-refractivity contribution in [3.05, 3.63) is 29.6 Å². The second kappa shape index (κ2) is 7.20. The molecule has 0 radical (unpaired) electrons. The van der Waals surface area contributed by atoms with E-state index >= 15 is 0 Å². The van der Waals surface area contributed by atoms with Gasteiger partial charge in [0.15, 0.2) is 0 Å². The fourth-order valence-electron chi connectivity index (χ4n) is 2.79. The maximum absolute atomic E-state index is 13.3. The first-order chi connectivity index (χ1) is 11.1. The topological polar surface area (TPSA) is 67.4 Å². The minimum atomic E-state index is -0.547. The molecule has 5 nitrogen and oxygen atoms in total. The molecule has 0 aliphatic heterocycles. The van der Waals surface area contributed by atoms with Crippen molar-refractivity contribution in [2.45, 2.75) is 58.6 Å². The molecule has 0 aromatic heterocycles. The average molecular weight is 336 g/mol. The third-order valence-electron chi connectivity index (χ3n) is 3.98. The van der Waals surface area contributed by atoms with Gasteiger partial charge in [-0.25, -0.2) is 9.18 Å². The number of rotatable bonds is 3. The Kier molecular flexibility index (Phi) is 5.47. The van der Waals surface area contributed by atoms with Crippen LogP contribution in [0.2, 0.25) is 0 Å². The van der Waals surface area contributed by atoms with E-state index in [1.807, 2.05) is 6.92 Å². The SMILES string of the molecule is Cc1ccc(F)cc1NC(=O)C1CCC(NC(=O)OC(C)(C)C)C1. The van der Waals surface area contributed by atoms with E-state index in [4.69, 9.17) is 4.74 Å². The number of hydrogen-bond acceptors (Lipinski definition) is 3. The molecule has 0 heterocycles. The normalized spacial score (nSPS) is 20.5. The van der Waals surface area contributed by atoms with Crippen molar-refractivity contribution in [2.75, 3.05) is 5.32 Å². The number of hydrogen-bond donors (Lipinski definition) is 2. The van der Waals surface area contributed by atoms with Gasteiger partial charge in [0.2, 0.25) is 5.91 Å². The lowest BCUT2D eigenvalue weighted by molar-refractivity contribution is -0.119. The number of benzene rings is 1. The van der Waals surface area contributed by atoms with Crippen LogP contribution in [0, 0.1) is 18.7 Å². The van der Waals surface area contributed by atoms with Crippen LogP contribution in [-0.2, 0) is 9.53 Å². The van der Waals surface area contributed by atoms with E-state index in [-0.39, 0.29) is 23.7 Å². The van der Waals surface area contributed by atoms with Crippen LogP contribution in [0.5, 0.6) is 0 Å². The lowest BCUT2D eigenvalue weighted by Gasteiger charge is -2.21. The summed E-state index contributed by atoms with van der Waals surface area (Å²) in [6.45, 7) is 7.23. The van der Waals surface area contributed by atoms with Crippen LogP contribution in [0.15, 0.2) is 18.2 Å². The number of alkyl carbamates (subject to hydrolysis) is 1. The third-order valence-corrected chi connectivity index (χ3v) is 3.98. The predicted octanol–water partition coefficient (Wildman–Crippen LogP) is 3.77. The van der Waals surface area contributed by atoms with Gasteiger partial charge in [-0.15, -0.1) is 0 Å². The van der Waals surface area contributed by atoms with E-state index in [1.54, 1.807) is 26.8 Å². The second-order valence-electron chi connectivity index (χ2n) is 7.30. The molecular formula is C18H25FN2O3. The molecule has 1 saturated carbocycles. The molecule has 0 bridgehead atoms. The number of anilines is 1. The summed E-state index contributed by atoms with van der Waals surface area (Å²) in [4.78, 5) is 24.1. The minimum Gasteiger partial charge on any atom is -0.444 e. The fraction of sp³-hybridized carbons (Fsp3) is 0.556. The molecule has 132 valence electrons. The molecule has 6 heteroatoms. The van der Waals surface area contributed by atoms with Crippen molar-refractivity contribution < 1.29 is 18.7 Å². The highest BCUT2D eigenvalue weighted by atomic mass is 19.1. The number of aryl methyl sites for hydroxylation is 1. The molecule has 2 atom stereocenters. The molecule has 2 amide bonds. The van der Waals surface area contributed by atoms with Crippen LogP contribution >= 0.6 is 0 Å². The van der Waals surface area contributed by atoms with Crippen LogP contribution in [0.25, 0.3) is 0 Å². The second-order valence-corrected chi connectivity index (χ2v) is 7.30. The lowest BCUT2D eigenvalue weighted by atomic mass is 10.1. The van der Waals surface area contributed by atoms with Crippen molar-refractivity contribution in [2.24, 2.45) is 5.92 Å².